The molecule has 4 nitrogen and oxygen atoms in total. The average molecular weight is 322 g/mol. The first-order chi connectivity index (χ1) is 11.1. The van der Waals surface area contributed by atoms with Crippen LogP contribution < -0.4 is 0 Å². The minimum Gasteiger partial charge on any atom is -0.371 e. The summed E-state index contributed by atoms with van der Waals surface area (Å²) in [7, 11) is 0. The van der Waals surface area contributed by atoms with E-state index in [1.807, 2.05) is 4.90 Å². The normalized spacial score (nSPS) is 18.8. The molecule has 0 radical (unpaired) electrons. The highest BCUT2D eigenvalue weighted by atomic mass is 19.1. The minimum atomic E-state index is -0.244. The fraction of sp³-hybridized carbons (Fsp3) is 0.611. The number of halogens is 1. The van der Waals surface area contributed by atoms with Crippen molar-refractivity contribution in [2.45, 2.75) is 32.8 Å². The third kappa shape index (κ3) is 5.29. The van der Waals surface area contributed by atoms with Crippen LogP contribution in [0.25, 0.3) is 0 Å². The summed E-state index contributed by atoms with van der Waals surface area (Å²) >= 11 is 0. The predicted molar refractivity (Wildman–Crippen MR) is 88.7 cm³/mol. The van der Waals surface area contributed by atoms with E-state index < -0.39 is 0 Å². The Bertz CT molecular complexity index is 486. The SMILES string of the molecule is CCCN(CCC)C(=O)CN1CCOC(c2ccc(F)cc2)C1. The molecule has 0 aliphatic carbocycles. The zero-order valence-corrected chi connectivity index (χ0v) is 14.1. The molecule has 1 aromatic rings. The van der Waals surface area contributed by atoms with Crippen LogP contribution in [0.15, 0.2) is 24.3 Å². The zero-order valence-electron chi connectivity index (χ0n) is 14.1. The molecule has 1 saturated heterocycles. The van der Waals surface area contributed by atoms with Crippen LogP contribution in [0.3, 0.4) is 0 Å². The van der Waals surface area contributed by atoms with E-state index in [1.54, 1.807) is 12.1 Å². The van der Waals surface area contributed by atoms with Crippen molar-refractivity contribution in [2.24, 2.45) is 0 Å². The van der Waals surface area contributed by atoms with Gasteiger partial charge in [-0.2, -0.15) is 0 Å². The quantitative estimate of drug-likeness (QED) is 0.774. The molecule has 0 bridgehead atoms. The Balaban J connectivity index is 1.92. The van der Waals surface area contributed by atoms with Gasteiger partial charge in [0.15, 0.2) is 0 Å². The molecule has 0 spiro atoms. The first kappa shape index (κ1) is 17.9. The van der Waals surface area contributed by atoms with Gasteiger partial charge in [-0.1, -0.05) is 26.0 Å². The van der Waals surface area contributed by atoms with Crippen molar-refractivity contribution < 1.29 is 13.9 Å². The van der Waals surface area contributed by atoms with Gasteiger partial charge in [-0.05, 0) is 30.5 Å². The molecule has 1 aliphatic rings. The fourth-order valence-corrected chi connectivity index (χ4v) is 2.92. The van der Waals surface area contributed by atoms with Crippen LogP contribution in [0.5, 0.6) is 0 Å². The van der Waals surface area contributed by atoms with E-state index in [9.17, 15) is 9.18 Å². The summed E-state index contributed by atoms with van der Waals surface area (Å²) in [5.41, 5.74) is 0.961. The number of hydrogen-bond donors (Lipinski definition) is 0. The van der Waals surface area contributed by atoms with Crippen LogP contribution in [0, 0.1) is 5.82 Å². The molecule has 1 unspecified atom stereocenters. The van der Waals surface area contributed by atoms with Crippen molar-refractivity contribution in [1.29, 1.82) is 0 Å². The van der Waals surface area contributed by atoms with Crippen LogP contribution in [0.4, 0.5) is 4.39 Å². The molecule has 2 rings (SSSR count). The lowest BCUT2D eigenvalue weighted by Crippen LogP contribution is -2.46. The third-order valence-electron chi connectivity index (χ3n) is 4.09. The van der Waals surface area contributed by atoms with Gasteiger partial charge in [-0.15, -0.1) is 0 Å². The summed E-state index contributed by atoms with van der Waals surface area (Å²) in [5.74, 6) is -0.0557. The van der Waals surface area contributed by atoms with Crippen LogP contribution in [0.1, 0.15) is 38.4 Å². The molecule has 0 saturated carbocycles. The molecule has 5 heteroatoms. The molecule has 1 heterocycles. The number of hydrogen-bond acceptors (Lipinski definition) is 3. The second-order valence-electron chi connectivity index (χ2n) is 6.03. The molecule has 1 fully saturated rings. The highest BCUT2D eigenvalue weighted by molar-refractivity contribution is 5.78. The number of carbonyl (C=O) groups excluding carboxylic acids is 1. The van der Waals surface area contributed by atoms with Gasteiger partial charge >= 0.3 is 0 Å². The van der Waals surface area contributed by atoms with Crippen molar-refractivity contribution in [3.63, 3.8) is 0 Å². The number of amides is 1. The Hall–Kier alpha value is -1.46. The van der Waals surface area contributed by atoms with Gasteiger partial charge in [0.25, 0.3) is 0 Å². The van der Waals surface area contributed by atoms with E-state index in [4.69, 9.17) is 4.74 Å². The molecule has 1 atom stereocenters. The Kier molecular flexibility index (Phi) is 6.99. The Morgan fingerprint density at radius 2 is 1.91 bits per heavy atom. The van der Waals surface area contributed by atoms with Crippen molar-refractivity contribution >= 4 is 5.91 Å². The van der Waals surface area contributed by atoms with Crippen molar-refractivity contribution in [3.05, 3.63) is 35.6 Å². The Morgan fingerprint density at radius 3 is 2.52 bits per heavy atom. The van der Waals surface area contributed by atoms with Gasteiger partial charge in [0.2, 0.25) is 5.91 Å². The van der Waals surface area contributed by atoms with Gasteiger partial charge in [-0.25, -0.2) is 4.39 Å². The van der Waals surface area contributed by atoms with Gasteiger partial charge in [-0.3, -0.25) is 9.69 Å². The van der Waals surface area contributed by atoms with Crippen LogP contribution >= 0.6 is 0 Å². The zero-order chi connectivity index (χ0) is 16.7. The van der Waals surface area contributed by atoms with Gasteiger partial charge in [0.1, 0.15) is 5.82 Å². The lowest BCUT2D eigenvalue weighted by Gasteiger charge is -2.34. The lowest BCUT2D eigenvalue weighted by atomic mass is 10.1. The van der Waals surface area contributed by atoms with Gasteiger partial charge in [0, 0.05) is 26.2 Å². The first-order valence-corrected chi connectivity index (χ1v) is 8.51. The Labute approximate surface area is 138 Å². The molecular weight excluding hydrogens is 295 g/mol. The standard InChI is InChI=1S/C18H27FN2O2/c1-3-9-21(10-4-2)18(22)14-20-11-12-23-17(13-20)15-5-7-16(19)8-6-15/h5-8,17H,3-4,9-14H2,1-2H3. The maximum Gasteiger partial charge on any atom is 0.236 e. The van der Waals surface area contributed by atoms with Crippen LogP contribution in [0.2, 0.25) is 0 Å². The summed E-state index contributed by atoms with van der Waals surface area (Å²) in [6.45, 7) is 8.28. The van der Waals surface area contributed by atoms with E-state index in [2.05, 4.69) is 18.7 Å². The minimum absolute atomic E-state index is 0.0945. The molecule has 1 aliphatic heterocycles. The molecule has 1 amide bonds. The number of morpholine rings is 1. The second kappa shape index (κ2) is 8.99. The van der Waals surface area contributed by atoms with Crippen molar-refractivity contribution in [2.75, 3.05) is 39.3 Å². The summed E-state index contributed by atoms with van der Waals surface area (Å²) in [6.07, 6.45) is 1.86. The maximum absolute atomic E-state index is 13.0. The van der Waals surface area contributed by atoms with Gasteiger partial charge < -0.3 is 9.64 Å². The monoisotopic (exact) mass is 322 g/mol. The fourth-order valence-electron chi connectivity index (χ4n) is 2.92. The summed E-state index contributed by atoms with van der Waals surface area (Å²) in [4.78, 5) is 16.6. The summed E-state index contributed by atoms with van der Waals surface area (Å²) in [6, 6.07) is 6.41. The molecule has 128 valence electrons. The van der Waals surface area contributed by atoms with Crippen LogP contribution in [-0.4, -0.2) is 55.0 Å². The van der Waals surface area contributed by atoms with E-state index in [0.29, 0.717) is 19.7 Å². The van der Waals surface area contributed by atoms with E-state index in [-0.39, 0.29) is 17.8 Å². The summed E-state index contributed by atoms with van der Waals surface area (Å²) < 4.78 is 18.8. The first-order valence-electron chi connectivity index (χ1n) is 8.51. The molecule has 0 aromatic heterocycles. The topological polar surface area (TPSA) is 32.8 Å². The second-order valence-corrected chi connectivity index (χ2v) is 6.03. The van der Waals surface area contributed by atoms with E-state index in [0.717, 1.165) is 38.0 Å². The van der Waals surface area contributed by atoms with Crippen LogP contribution in [-0.2, 0) is 9.53 Å². The van der Waals surface area contributed by atoms with Crippen molar-refractivity contribution in [1.82, 2.24) is 9.80 Å². The highest BCUT2D eigenvalue weighted by Gasteiger charge is 2.24. The number of carbonyl (C=O) groups is 1. The molecular formula is C18H27FN2O2. The van der Waals surface area contributed by atoms with Gasteiger partial charge in [0.05, 0.1) is 19.3 Å². The smallest absolute Gasteiger partial charge is 0.236 e. The van der Waals surface area contributed by atoms with E-state index in [1.165, 1.54) is 12.1 Å². The maximum atomic E-state index is 13.0. The molecule has 1 aromatic carbocycles. The lowest BCUT2D eigenvalue weighted by molar-refractivity contribution is -0.134. The number of benzene rings is 1. The third-order valence-corrected chi connectivity index (χ3v) is 4.09. The predicted octanol–water partition coefficient (Wildman–Crippen LogP) is 2.85. The average Bonchev–Trinajstić information content (AvgIpc) is 2.55. The number of ether oxygens (including phenoxy) is 1. The largest absolute Gasteiger partial charge is 0.371 e. The Morgan fingerprint density at radius 1 is 1.26 bits per heavy atom. The number of rotatable bonds is 7. The summed E-state index contributed by atoms with van der Waals surface area (Å²) in [5, 5.41) is 0. The molecule has 0 N–H and O–H groups in total. The molecule has 23 heavy (non-hydrogen) atoms. The van der Waals surface area contributed by atoms with Crippen molar-refractivity contribution in [3.8, 4) is 0 Å². The van der Waals surface area contributed by atoms with E-state index >= 15 is 0 Å². The highest BCUT2D eigenvalue weighted by Crippen LogP contribution is 2.22. The number of nitrogens with zero attached hydrogens (tertiary/aromatic N) is 2.